The lowest BCUT2D eigenvalue weighted by atomic mass is 9.88. The molecular formula is C27H34F3N5O5. The molecule has 0 fully saturated rings. The van der Waals surface area contributed by atoms with Crippen LogP contribution in [0.4, 0.5) is 13.2 Å². The van der Waals surface area contributed by atoms with E-state index < -0.39 is 12.1 Å². The number of alkyl halides is 3. The normalized spacial score (nSPS) is 12.3. The summed E-state index contributed by atoms with van der Waals surface area (Å²) in [5.41, 5.74) is 2.48. The summed E-state index contributed by atoms with van der Waals surface area (Å²) in [7, 11) is 0. The molecule has 2 heterocycles. The van der Waals surface area contributed by atoms with E-state index in [1.165, 1.54) is 6.20 Å². The van der Waals surface area contributed by atoms with Crippen molar-refractivity contribution in [1.82, 2.24) is 25.8 Å². The van der Waals surface area contributed by atoms with Crippen LogP contribution >= 0.6 is 0 Å². The SMILES string of the molecule is CCC(CC)NC(=O)c1cnc(-c2cccc(-c3cc(C(=O)NC(C)C(C)(C)C)[nH]n3)c2)o1.O=C(O)C(F)(F)F. The number of nitrogens with zero attached hydrogens (tertiary/aromatic N) is 2. The van der Waals surface area contributed by atoms with Gasteiger partial charge in [-0.2, -0.15) is 18.3 Å². The molecule has 0 aliphatic rings. The van der Waals surface area contributed by atoms with Gasteiger partial charge >= 0.3 is 12.1 Å². The molecule has 2 amide bonds. The molecule has 0 aliphatic carbocycles. The average Bonchev–Trinajstić information content (AvgIpc) is 3.57. The van der Waals surface area contributed by atoms with Crippen LogP contribution in [0.1, 0.15) is 75.4 Å². The Labute approximate surface area is 229 Å². The third-order valence-electron chi connectivity index (χ3n) is 6.17. The Kier molecular flexibility index (Phi) is 10.6. The molecule has 218 valence electrons. The summed E-state index contributed by atoms with van der Waals surface area (Å²) in [6.07, 6.45) is -1.94. The van der Waals surface area contributed by atoms with E-state index in [2.05, 4.69) is 46.6 Å². The highest BCUT2D eigenvalue weighted by molar-refractivity contribution is 5.94. The molecule has 0 saturated heterocycles. The summed E-state index contributed by atoms with van der Waals surface area (Å²) in [6, 6.07) is 9.28. The Hall–Kier alpha value is -4.16. The standard InChI is InChI=1S/C25H33N5O3.C2HF3O2/c1-7-18(8-2)28-23(32)21-14-26-24(33-21)17-11-9-10-16(12-17)19-13-20(30-29-19)22(31)27-15(3)25(4,5)6;3-2(4,5)1(6)7/h9-15,18H,7-8H2,1-6H3,(H,27,31)(H,28,32)(H,29,30);(H,6,7). The minimum Gasteiger partial charge on any atom is -0.475 e. The van der Waals surface area contributed by atoms with Crippen molar-refractivity contribution in [3.63, 3.8) is 0 Å². The maximum atomic E-state index is 12.6. The van der Waals surface area contributed by atoms with Gasteiger partial charge in [-0.05, 0) is 43.4 Å². The number of oxazole rings is 1. The lowest BCUT2D eigenvalue weighted by Gasteiger charge is -2.27. The fourth-order valence-electron chi connectivity index (χ4n) is 3.15. The fraction of sp³-hybridized carbons (Fsp3) is 0.444. The number of aliphatic carboxylic acids is 1. The number of aromatic nitrogens is 3. The first-order chi connectivity index (χ1) is 18.6. The van der Waals surface area contributed by atoms with Crippen molar-refractivity contribution in [2.24, 2.45) is 5.41 Å². The van der Waals surface area contributed by atoms with Gasteiger partial charge in [-0.1, -0.05) is 46.8 Å². The smallest absolute Gasteiger partial charge is 0.475 e. The van der Waals surface area contributed by atoms with Crippen molar-refractivity contribution in [3.8, 4) is 22.7 Å². The molecule has 0 bridgehead atoms. The Morgan fingerprint density at radius 3 is 2.17 bits per heavy atom. The van der Waals surface area contributed by atoms with Crippen molar-refractivity contribution in [2.75, 3.05) is 0 Å². The Morgan fingerprint density at radius 1 is 1.02 bits per heavy atom. The molecule has 1 atom stereocenters. The van der Waals surface area contributed by atoms with Crippen LogP contribution in [0, 0.1) is 5.41 Å². The van der Waals surface area contributed by atoms with Crippen molar-refractivity contribution >= 4 is 17.8 Å². The molecule has 1 unspecified atom stereocenters. The summed E-state index contributed by atoms with van der Waals surface area (Å²) >= 11 is 0. The summed E-state index contributed by atoms with van der Waals surface area (Å²) in [4.78, 5) is 38.2. The van der Waals surface area contributed by atoms with Gasteiger partial charge in [0.2, 0.25) is 11.7 Å². The minimum atomic E-state index is -5.08. The maximum absolute atomic E-state index is 12.6. The van der Waals surface area contributed by atoms with Crippen LogP contribution in [-0.2, 0) is 4.79 Å². The topological polar surface area (TPSA) is 150 Å². The highest BCUT2D eigenvalue weighted by atomic mass is 19.4. The Morgan fingerprint density at radius 2 is 1.62 bits per heavy atom. The number of carboxylic acids is 1. The van der Waals surface area contributed by atoms with Gasteiger partial charge in [0, 0.05) is 23.2 Å². The molecule has 1 aromatic carbocycles. The van der Waals surface area contributed by atoms with Crippen molar-refractivity contribution in [1.29, 1.82) is 0 Å². The Balaban J connectivity index is 0.000000708. The van der Waals surface area contributed by atoms with E-state index in [0.717, 1.165) is 18.4 Å². The number of halogens is 3. The molecule has 10 nitrogen and oxygen atoms in total. The predicted octanol–water partition coefficient (Wildman–Crippen LogP) is 5.45. The van der Waals surface area contributed by atoms with Crippen molar-refractivity contribution < 1.29 is 37.1 Å². The lowest BCUT2D eigenvalue weighted by molar-refractivity contribution is -0.192. The Bertz CT molecular complexity index is 1310. The molecule has 3 aromatic rings. The van der Waals surface area contributed by atoms with Crippen LogP contribution < -0.4 is 10.6 Å². The zero-order valence-corrected chi connectivity index (χ0v) is 23.1. The lowest BCUT2D eigenvalue weighted by Crippen LogP contribution is -2.41. The number of hydrogen-bond donors (Lipinski definition) is 4. The van der Waals surface area contributed by atoms with Crippen LogP contribution in [0.15, 0.2) is 40.9 Å². The average molecular weight is 566 g/mol. The van der Waals surface area contributed by atoms with Crippen LogP contribution in [0.25, 0.3) is 22.7 Å². The first-order valence-electron chi connectivity index (χ1n) is 12.6. The zero-order valence-electron chi connectivity index (χ0n) is 23.1. The van der Waals surface area contributed by atoms with Gasteiger partial charge in [0.1, 0.15) is 5.69 Å². The zero-order chi connectivity index (χ0) is 30.3. The summed E-state index contributed by atoms with van der Waals surface area (Å²) < 4.78 is 37.5. The van der Waals surface area contributed by atoms with Gasteiger partial charge in [0.25, 0.3) is 11.8 Å². The number of carbonyl (C=O) groups is 3. The maximum Gasteiger partial charge on any atom is 0.490 e. The van der Waals surface area contributed by atoms with Crippen LogP contribution in [0.5, 0.6) is 0 Å². The second-order valence-electron chi connectivity index (χ2n) is 10.1. The first-order valence-corrected chi connectivity index (χ1v) is 12.6. The van der Waals surface area contributed by atoms with Gasteiger partial charge in [-0.3, -0.25) is 14.7 Å². The van der Waals surface area contributed by atoms with Crippen molar-refractivity contribution in [3.05, 3.63) is 48.0 Å². The monoisotopic (exact) mass is 565 g/mol. The number of nitrogens with one attached hydrogen (secondary N) is 3. The van der Waals surface area contributed by atoms with Gasteiger partial charge < -0.3 is 20.2 Å². The van der Waals surface area contributed by atoms with E-state index in [4.69, 9.17) is 14.3 Å². The van der Waals surface area contributed by atoms with Crippen molar-refractivity contribution in [2.45, 2.75) is 72.6 Å². The number of rotatable bonds is 8. The molecule has 0 saturated carbocycles. The number of H-pyrrole nitrogens is 1. The summed E-state index contributed by atoms with van der Waals surface area (Å²) in [6.45, 7) is 12.3. The first kappa shape index (κ1) is 32.1. The third-order valence-corrected chi connectivity index (χ3v) is 6.17. The second kappa shape index (κ2) is 13.3. The van der Waals surface area contributed by atoms with Crippen LogP contribution in [-0.4, -0.2) is 56.3 Å². The van der Waals surface area contributed by atoms with E-state index in [9.17, 15) is 22.8 Å². The molecule has 4 N–H and O–H groups in total. The van der Waals surface area contributed by atoms with E-state index in [1.807, 2.05) is 45.0 Å². The van der Waals surface area contributed by atoms with E-state index in [1.54, 1.807) is 6.07 Å². The molecule has 3 rings (SSSR count). The molecule has 2 aromatic heterocycles. The molecule has 0 radical (unpaired) electrons. The fourth-order valence-corrected chi connectivity index (χ4v) is 3.15. The molecule has 40 heavy (non-hydrogen) atoms. The quantitative estimate of drug-likeness (QED) is 0.284. The van der Waals surface area contributed by atoms with E-state index in [0.29, 0.717) is 22.8 Å². The number of carbonyl (C=O) groups excluding carboxylic acids is 2. The highest BCUT2D eigenvalue weighted by Crippen LogP contribution is 2.26. The minimum absolute atomic E-state index is 0.00133. The van der Waals surface area contributed by atoms with Crippen LogP contribution in [0.3, 0.4) is 0 Å². The third kappa shape index (κ3) is 8.95. The molecule has 0 spiro atoms. The summed E-state index contributed by atoms with van der Waals surface area (Å²) in [5.74, 6) is -2.71. The van der Waals surface area contributed by atoms with Gasteiger partial charge in [-0.25, -0.2) is 9.78 Å². The summed E-state index contributed by atoms with van der Waals surface area (Å²) in [5, 5.41) is 20.2. The molecule has 0 aliphatic heterocycles. The van der Waals surface area contributed by atoms with Crippen LogP contribution in [0.2, 0.25) is 0 Å². The number of aromatic amines is 1. The number of carboxylic acid groups (broad SMARTS) is 1. The van der Waals surface area contributed by atoms with Gasteiger partial charge in [-0.15, -0.1) is 0 Å². The largest absolute Gasteiger partial charge is 0.490 e. The van der Waals surface area contributed by atoms with Gasteiger partial charge in [0.15, 0.2) is 0 Å². The van der Waals surface area contributed by atoms with E-state index in [-0.39, 0.29) is 35.1 Å². The predicted molar refractivity (Wildman–Crippen MR) is 141 cm³/mol. The number of benzene rings is 1. The number of amides is 2. The van der Waals surface area contributed by atoms with Gasteiger partial charge in [0.05, 0.1) is 11.9 Å². The highest BCUT2D eigenvalue weighted by Gasteiger charge is 2.38. The number of hydrogen-bond acceptors (Lipinski definition) is 6. The van der Waals surface area contributed by atoms with E-state index >= 15 is 0 Å². The second-order valence-corrected chi connectivity index (χ2v) is 10.1. The molecule has 13 heteroatoms. The molecular weight excluding hydrogens is 531 g/mol.